The van der Waals surface area contributed by atoms with Crippen LogP contribution < -0.4 is 19.7 Å². The van der Waals surface area contributed by atoms with Gasteiger partial charge in [0.05, 0.1) is 14.2 Å². The number of nitrogens with one attached hydrogen (secondary N) is 1. The Kier molecular flexibility index (Phi) is 8.40. The standard InChI is InChI=1S/C25H32N6O4/c1-15(2)10-17-14-28-25(31(3)4)30-22(17)29-18(24(32)33)11-16-12-26-23(27-13-16)21-19(34-5)8-7-9-20(21)35-6/h7-9,12-15,18H,10-11H2,1-6H3,(H,32,33)(H,28,29,30). The van der Waals surface area contributed by atoms with E-state index in [1.54, 1.807) is 49.8 Å². The van der Waals surface area contributed by atoms with Crippen LogP contribution >= 0.6 is 0 Å². The Hall–Kier alpha value is -3.95. The van der Waals surface area contributed by atoms with Crippen molar-refractivity contribution in [1.82, 2.24) is 19.9 Å². The SMILES string of the molecule is COc1cccc(OC)c1-c1ncc(CC(Nc2nc(N(C)C)ncc2CC(C)C)C(=O)O)cn1. The molecule has 3 rings (SSSR count). The van der Waals surface area contributed by atoms with Crippen LogP contribution in [0.25, 0.3) is 11.4 Å². The van der Waals surface area contributed by atoms with Crippen LogP contribution in [0.15, 0.2) is 36.8 Å². The highest BCUT2D eigenvalue weighted by Gasteiger charge is 2.22. The molecule has 186 valence electrons. The van der Waals surface area contributed by atoms with Gasteiger partial charge in [-0.05, 0) is 30.0 Å². The second-order valence-electron chi connectivity index (χ2n) is 8.73. The number of carbonyl (C=O) groups is 1. The number of rotatable bonds is 11. The maximum Gasteiger partial charge on any atom is 0.326 e. The summed E-state index contributed by atoms with van der Waals surface area (Å²) in [5, 5.41) is 13.0. The predicted molar refractivity (Wildman–Crippen MR) is 134 cm³/mol. The van der Waals surface area contributed by atoms with Crippen LogP contribution in [0.3, 0.4) is 0 Å². The van der Waals surface area contributed by atoms with Crippen molar-refractivity contribution in [1.29, 1.82) is 0 Å². The number of hydrogen-bond acceptors (Lipinski definition) is 9. The second kappa shape index (κ2) is 11.5. The molecule has 0 aliphatic rings. The zero-order valence-electron chi connectivity index (χ0n) is 20.9. The summed E-state index contributed by atoms with van der Waals surface area (Å²) in [5.74, 6) is 1.97. The third kappa shape index (κ3) is 6.34. The maximum absolute atomic E-state index is 12.1. The molecular weight excluding hydrogens is 448 g/mol. The van der Waals surface area contributed by atoms with E-state index in [0.717, 1.165) is 12.0 Å². The van der Waals surface area contributed by atoms with E-state index in [9.17, 15) is 9.90 Å². The molecule has 0 aliphatic heterocycles. The summed E-state index contributed by atoms with van der Waals surface area (Å²) >= 11 is 0. The van der Waals surface area contributed by atoms with Gasteiger partial charge in [0, 0.05) is 44.7 Å². The van der Waals surface area contributed by atoms with Crippen LogP contribution in [0.2, 0.25) is 0 Å². The molecule has 0 radical (unpaired) electrons. The molecular formula is C25H32N6O4. The number of nitrogens with zero attached hydrogens (tertiary/aromatic N) is 5. The number of carboxylic acid groups (broad SMARTS) is 1. The molecule has 35 heavy (non-hydrogen) atoms. The number of anilines is 2. The molecule has 0 bridgehead atoms. The van der Waals surface area contributed by atoms with Gasteiger partial charge < -0.3 is 24.8 Å². The van der Waals surface area contributed by atoms with Gasteiger partial charge in [-0.25, -0.2) is 19.7 Å². The Morgan fingerprint density at radius 3 is 2.17 bits per heavy atom. The minimum Gasteiger partial charge on any atom is -0.496 e. The smallest absolute Gasteiger partial charge is 0.326 e. The van der Waals surface area contributed by atoms with E-state index in [4.69, 9.17) is 9.47 Å². The summed E-state index contributed by atoms with van der Waals surface area (Å²) in [6.45, 7) is 4.18. The average molecular weight is 481 g/mol. The van der Waals surface area contributed by atoms with Crippen molar-refractivity contribution in [3.63, 3.8) is 0 Å². The molecule has 2 heterocycles. The highest BCUT2D eigenvalue weighted by atomic mass is 16.5. The fourth-order valence-electron chi connectivity index (χ4n) is 3.59. The first-order valence-corrected chi connectivity index (χ1v) is 11.3. The molecule has 0 saturated carbocycles. The number of aliphatic carboxylic acids is 1. The monoisotopic (exact) mass is 480 g/mol. The molecule has 0 fully saturated rings. The number of carboxylic acids is 1. The summed E-state index contributed by atoms with van der Waals surface area (Å²) < 4.78 is 10.9. The Morgan fingerprint density at radius 1 is 1.03 bits per heavy atom. The van der Waals surface area contributed by atoms with Crippen molar-refractivity contribution in [2.24, 2.45) is 5.92 Å². The van der Waals surface area contributed by atoms with Crippen LogP contribution in [-0.2, 0) is 17.6 Å². The van der Waals surface area contributed by atoms with Crippen molar-refractivity contribution in [2.75, 3.05) is 38.5 Å². The minimum atomic E-state index is -0.999. The number of aromatic nitrogens is 4. The lowest BCUT2D eigenvalue weighted by Gasteiger charge is -2.20. The maximum atomic E-state index is 12.1. The Labute approximate surface area is 205 Å². The third-order valence-corrected chi connectivity index (χ3v) is 5.29. The molecule has 0 saturated heterocycles. The average Bonchev–Trinajstić information content (AvgIpc) is 2.84. The normalized spacial score (nSPS) is 11.7. The number of hydrogen-bond donors (Lipinski definition) is 2. The number of ether oxygens (including phenoxy) is 2. The fraction of sp³-hybridized carbons (Fsp3) is 0.400. The molecule has 0 spiro atoms. The molecule has 0 amide bonds. The molecule has 0 aliphatic carbocycles. The van der Waals surface area contributed by atoms with Crippen molar-refractivity contribution >= 4 is 17.7 Å². The van der Waals surface area contributed by atoms with Gasteiger partial charge in [-0.15, -0.1) is 0 Å². The van der Waals surface area contributed by atoms with Crippen LogP contribution in [0.1, 0.15) is 25.0 Å². The number of methoxy groups -OCH3 is 2. The van der Waals surface area contributed by atoms with E-state index in [-0.39, 0.29) is 6.42 Å². The highest BCUT2D eigenvalue weighted by Crippen LogP contribution is 2.36. The van der Waals surface area contributed by atoms with E-state index in [2.05, 4.69) is 39.1 Å². The first-order chi connectivity index (χ1) is 16.7. The third-order valence-electron chi connectivity index (χ3n) is 5.29. The summed E-state index contributed by atoms with van der Waals surface area (Å²) in [5.41, 5.74) is 2.16. The molecule has 1 unspecified atom stereocenters. The van der Waals surface area contributed by atoms with Gasteiger partial charge >= 0.3 is 5.97 Å². The molecule has 1 atom stereocenters. The fourth-order valence-corrected chi connectivity index (χ4v) is 3.59. The second-order valence-corrected chi connectivity index (χ2v) is 8.73. The Morgan fingerprint density at radius 2 is 1.66 bits per heavy atom. The lowest BCUT2D eigenvalue weighted by molar-refractivity contribution is -0.137. The summed E-state index contributed by atoms with van der Waals surface area (Å²) in [6, 6.07) is 4.50. The lowest BCUT2D eigenvalue weighted by atomic mass is 10.0. The van der Waals surface area contributed by atoms with Crippen LogP contribution in [0, 0.1) is 5.92 Å². The lowest BCUT2D eigenvalue weighted by Crippen LogP contribution is -2.33. The summed E-state index contributed by atoms with van der Waals surface area (Å²) in [6.07, 6.45) is 5.88. The number of benzene rings is 1. The first kappa shape index (κ1) is 25.7. The summed E-state index contributed by atoms with van der Waals surface area (Å²) in [7, 11) is 6.81. The zero-order chi connectivity index (χ0) is 25.5. The molecule has 3 aromatic rings. The van der Waals surface area contributed by atoms with Gasteiger partial charge in [0.2, 0.25) is 5.95 Å². The molecule has 1 aromatic carbocycles. The molecule has 2 aromatic heterocycles. The van der Waals surface area contributed by atoms with E-state index >= 15 is 0 Å². The van der Waals surface area contributed by atoms with Crippen molar-refractivity contribution in [3.05, 3.63) is 47.9 Å². The van der Waals surface area contributed by atoms with E-state index in [1.165, 1.54) is 0 Å². The van der Waals surface area contributed by atoms with Gasteiger partial charge in [-0.1, -0.05) is 19.9 Å². The predicted octanol–water partition coefficient (Wildman–Crippen LogP) is 3.32. The Balaban J connectivity index is 1.87. The Bertz CT molecular complexity index is 1130. The quantitative estimate of drug-likeness (QED) is 0.422. The topological polar surface area (TPSA) is 123 Å². The van der Waals surface area contributed by atoms with Gasteiger partial charge in [0.15, 0.2) is 5.82 Å². The van der Waals surface area contributed by atoms with Crippen LogP contribution in [-0.4, -0.2) is 65.4 Å². The van der Waals surface area contributed by atoms with Gasteiger partial charge in [0.25, 0.3) is 0 Å². The van der Waals surface area contributed by atoms with Gasteiger partial charge in [-0.3, -0.25) is 0 Å². The summed E-state index contributed by atoms with van der Waals surface area (Å²) in [4.78, 5) is 31.8. The van der Waals surface area contributed by atoms with Gasteiger partial charge in [-0.2, -0.15) is 4.98 Å². The van der Waals surface area contributed by atoms with E-state index < -0.39 is 12.0 Å². The molecule has 10 heteroatoms. The van der Waals surface area contributed by atoms with Crippen molar-refractivity contribution in [3.8, 4) is 22.9 Å². The minimum absolute atomic E-state index is 0.168. The molecule has 10 nitrogen and oxygen atoms in total. The molecule has 2 N–H and O–H groups in total. The zero-order valence-corrected chi connectivity index (χ0v) is 20.9. The van der Waals surface area contributed by atoms with Crippen molar-refractivity contribution in [2.45, 2.75) is 32.7 Å². The van der Waals surface area contributed by atoms with E-state index in [1.807, 2.05) is 20.2 Å². The largest absolute Gasteiger partial charge is 0.496 e. The first-order valence-electron chi connectivity index (χ1n) is 11.3. The van der Waals surface area contributed by atoms with Gasteiger partial charge in [0.1, 0.15) is 28.9 Å². The van der Waals surface area contributed by atoms with Crippen LogP contribution in [0.4, 0.5) is 11.8 Å². The van der Waals surface area contributed by atoms with Crippen molar-refractivity contribution < 1.29 is 19.4 Å². The highest BCUT2D eigenvalue weighted by molar-refractivity contribution is 5.78. The van der Waals surface area contributed by atoms with E-state index in [0.29, 0.717) is 46.1 Å². The van der Waals surface area contributed by atoms with Crippen LogP contribution in [0.5, 0.6) is 11.5 Å².